The van der Waals surface area contributed by atoms with Crippen molar-refractivity contribution < 1.29 is 9.53 Å². The fourth-order valence-corrected chi connectivity index (χ4v) is 3.60. The fraction of sp³-hybridized carbons (Fsp3) is 0.476. The topological polar surface area (TPSA) is 32.8 Å². The Morgan fingerprint density at radius 1 is 1.16 bits per heavy atom. The molecule has 134 valence electrons. The van der Waals surface area contributed by atoms with Crippen LogP contribution in [-0.4, -0.2) is 55.1 Å². The zero-order valence-electron chi connectivity index (χ0n) is 15.3. The number of hydrogen-bond acceptors (Lipinski definition) is 3. The molecule has 1 unspecified atom stereocenters. The minimum Gasteiger partial charge on any atom is -0.383 e. The van der Waals surface area contributed by atoms with Gasteiger partial charge < -0.3 is 9.64 Å². The maximum Gasteiger partial charge on any atom is 0.236 e. The Hall–Kier alpha value is -1.91. The van der Waals surface area contributed by atoms with E-state index >= 15 is 0 Å². The van der Waals surface area contributed by atoms with Gasteiger partial charge in [-0.3, -0.25) is 9.69 Å². The number of carbonyl (C=O) groups is 1. The van der Waals surface area contributed by atoms with Gasteiger partial charge in [0.1, 0.15) is 0 Å². The summed E-state index contributed by atoms with van der Waals surface area (Å²) in [6.45, 7) is 5.77. The van der Waals surface area contributed by atoms with Crippen molar-refractivity contribution in [2.45, 2.75) is 32.4 Å². The highest BCUT2D eigenvalue weighted by Crippen LogP contribution is 2.21. The molecule has 0 aromatic heterocycles. The summed E-state index contributed by atoms with van der Waals surface area (Å²) in [5.74, 6) is 0.237. The van der Waals surface area contributed by atoms with Crippen LogP contribution in [0.4, 0.5) is 0 Å². The third-order valence-corrected chi connectivity index (χ3v) is 5.08. The van der Waals surface area contributed by atoms with Crippen LogP contribution in [0.15, 0.2) is 42.5 Å². The molecule has 1 aliphatic heterocycles. The second-order valence-corrected chi connectivity index (χ2v) is 6.94. The summed E-state index contributed by atoms with van der Waals surface area (Å²) in [7, 11) is 1.72. The molecule has 1 heterocycles. The summed E-state index contributed by atoms with van der Waals surface area (Å²) in [6.07, 6.45) is 2.26. The number of fused-ring (bicyclic) bond motifs is 1. The molecule has 1 fully saturated rings. The summed E-state index contributed by atoms with van der Waals surface area (Å²) < 4.78 is 5.35. The summed E-state index contributed by atoms with van der Waals surface area (Å²) in [4.78, 5) is 16.9. The third-order valence-electron chi connectivity index (χ3n) is 5.08. The van der Waals surface area contributed by atoms with Gasteiger partial charge in [0, 0.05) is 32.8 Å². The lowest BCUT2D eigenvalue weighted by Crippen LogP contribution is -2.44. The molecule has 25 heavy (non-hydrogen) atoms. The molecule has 0 N–H and O–H groups in total. The van der Waals surface area contributed by atoms with Crippen LogP contribution in [0.2, 0.25) is 0 Å². The van der Waals surface area contributed by atoms with Crippen LogP contribution >= 0.6 is 0 Å². The van der Waals surface area contributed by atoms with E-state index in [-0.39, 0.29) is 11.9 Å². The first-order valence-electron chi connectivity index (χ1n) is 9.16. The lowest BCUT2D eigenvalue weighted by atomic mass is 10.0. The van der Waals surface area contributed by atoms with Crippen molar-refractivity contribution in [2.75, 3.05) is 33.4 Å². The number of amides is 1. The van der Waals surface area contributed by atoms with E-state index in [1.807, 2.05) is 4.90 Å². The van der Waals surface area contributed by atoms with Crippen LogP contribution in [0, 0.1) is 0 Å². The number of carbonyl (C=O) groups excluding carboxylic acids is 1. The first kappa shape index (κ1) is 17.9. The van der Waals surface area contributed by atoms with E-state index in [1.54, 1.807) is 7.11 Å². The normalized spacial score (nSPS) is 15.9. The summed E-state index contributed by atoms with van der Waals surface area (Å²) >= 11 is 0. The molecule has 0 spiro atoms. The average molecular weight is 340 g/mol. The van der Waals surface area contributed by atoms with Crippen molar-refractivity contribution in [1.82, 2.24) is 9.80 Å². The van der Waals surface area contributed by atoms with Gasteiger partial charge in [-0.1, -0.05) is 42.5 Å². The number of ether oxygens (including phenoxy) is 1. The van der Waals surface area contributed by atoms with Gasteiger partial charge in [-0.05, 0) is 36.1 Å². The van der Waals surface area contributed by atoms with Crippen LogP contribution < -0.4 is 0 Å². The molecule has 1 amide bonds. The number of hydrogen-bond donors (Lipinski definition) is 0. The molecule has 3 rings (SSSR count). The molecule has 0 aliphatic carbocycles. The van der Waals surface area contributed by atoms with Gasteiger partial charge in [0.2, 0.25) is 5.91 Å². The molecule has 2 aromatic carbocycles. The highest BCUT2D eigenvalue weighted by molar-refractivity contribution is 5.85. The molecular weight excluding hydrogens is 312 g/mol. The summed E-state index contributed by atoms with van der Waals surface area (Å²) in [5, 5.41) is 2.50. The molecule has 4 nitrogen and oxygen atoms in total. The molecule has 4 heteroatoms. The van der Waals surface area contributed by atoms with Gasteiger partial charge in [-0.2, -0.15) is 0 Å². The first-order chi connectivity index (χ1) is 12.2. The van der Waals surface area contributed by atoms with Gasteiger partial charge in [-0.25, -0.2) is 0 Å². The molecular formula is C21H28N2O2. The fourth-order valence-electron chi connectivity index (χ4n) is 3.60. The Balaban J connectivity index is 1.79. The predicted molar refractivity (Wildman–Crippen MR) is 102 cm³/mol. The highest BCUT2D eigenvalue weighted by atomic mass is 16.5. The lowest BCUT2D eigenvalue weighted by molar-refractivity contribution is -0.132. The molecule has 2 aromatic rings. The van der Waals surface area contributed by atoms with Crippen molar-refractivity contribution >= 4 is 16.7 Å². The second-order valence-electron chi connectivity index (χ2n) is 6.94. The Labute approximate surface area is 150 Å². The van der Waals surface area contributed by atoms with E-state index < -0.39 is 0 Å². The van der Waals surface area contributed by atoms with Crippen LogP contribution in [0.1, 0.15) is 25.3 Å². The highest BCUT2D eigenvalue weighted by Gasteiger charge is 2.23. The van der Waals surface area contributed by atoms with E-state index in [9.17, 15) is 4.79 Å². The van der Waals surface area contributed by atoms with Crippen molar-refractivity contribution in [3.8, 4) is 0 Å². The number of rotatable bonds is 7. The van der Waals surface area contributed by atoms with Crippen LogP contribution in [0.5, 0.6) is 0 Å². The van der Waals surface area contributed by atoms with E-state index in [0.717, 1.165) is 32.5 Å². The molecule has 0 saturated carbocycles. The van der Waals surface area contributed by atoms with E-state index in [1.165, 1.54) is 16.3 Å². The zero-order valence-corrected chi connectivity index (χ0v) is 15.3. The van der Waals surface area contributed by atoms with Gasteiger partial charge in [-0.15, -0.1) is 0 Å². The largest absolute Gasteiger partial charge is 0.383 e. The second kappa shape index (κ2) is 8.45. The van der Waals surface area contributed by atoms with E-state index in [4.69, 9.17) is 4.74 Å². The number of benzene rings is 2. The van der Waals surface area contributed by atoms with E-state index in [2.05, 4.69) is 54.3 Å². The molecule has 1 atom stereocenters. The Bertz CT molecular complexity index is 705. The standard InChI is InChI=1S/C21H28N2O2/c1-17(16-25-2)23(15-21(24)22-12-5-6-13-22)14-19-10-7-9-18-8-3-4-11-20(18)19/h3-4,7-11,17H,5-6,12-16H2,1-2H3. The third kappa shape index (κ3) is 4.39. The first-order valence-corrected chi connectivity index (χ1v) is 9.16. The van der Waals surface area contributed by atoms with Crippen molar-refractivity contribution in [2.24, 2.45) is 0 Å². The van der Waals surface area contributed by atoms with Crippen LogP contribution in [-0.2, 0) is 16.1 Å². The van der Waals surface area contributed by atoms with Crippen LogP contribution in [0.3, 0.4) is 0 Å². The Kier molecular flexibility index (Phi) is 6.05. The SMILES string of the molecule is COCC(C)N(CC(=O)N1CCCC1)Cc1cccc2ccccc12. The summed E-state index contributed by atoms with van der Waals surface area (Å²) in [5.41, 5.74) is 1.26. The molecule has 1 saturated heterocycles. The maximum absolute atomic E-state index is 12.7. The zero-order chi connectivity index (χ0) is 17.6. The number of nitrogens with zero attached hydrogens (tertiary/aromatic N) is 2. The summed E-state index contributed by atoms with van der Waals surface area (Å²) in [6, 6.07) is 15.0. The average Bonchev–Trinajstić information content (AvgIpc) is 3.16. The smallest absolute Gasteiger partial charge is 0.236 e. The van der Waals surface area contributed by atoms with E-state index in [0.29, 0.717) is 13.2 Å². The lowest BCUT2D eigenvalue weighted by Gasteiger charge is -2.30. The minimum absolute atomic E-state index is 0.190. The van der Waals surface area contributed by atoms with Crippen molar-refractivity contribution in [1.29, 1.82) is 0 Å². The minimum atomic E-state index is 0.190. The molecule has 0 bridgehead atoms. The quantitative estimate of drug-likeness (QED) is 0.775. The monoisotopic (exact) mass is 340 g/mol. The maximum atomic E-state index is 12.7. The van der Waals surface area contributed by atoms with Crippen molar-refractivity contribution in [3.05, 3.63) is 48.0 Å². The predicted octanol–water partition coefficient (Wildman–Crippen LogP) is 3.30. The Morgan fingerprint density at radius 3 is 2.64 bits per heavy atom. The number of methoxy groups -OCH3 is 1. The van der Waals surface area contributed by atoms with Crippen molar-refractivity contribution in [3.63, 3.8) is 0 Å². The van der Waals surface area contributed by atoms with Gasteiger partial charge in [0.15, 0.2) is 0 Å². The molecule has 1 aliphatic rings. The number of likely N-dealkylation sites (tertiary alicyclic amines) is 1. The molecule has 0 radical (unpaired) electrons. The van der Waals surface area contributed by atoms with Crippen LogP contribution in [0.25, 0.3) is 10.8 Å². The van der Waals surface area contributed by atoms with Gasteiger partial charge in [0.25, 0.3) is 0 Å². The van der Waals surface area contributed by atoms with Gasteiger partial charge in [0.05, 0.1) is 13.2 Å². The Morgan fingerprint density at radius 2 is 1.88 bits per heavy atom. The van der Waals surface area contributed by atoms with Gasteiger partial charge >= 0.3 is 0 Å².